The van der Waals surface area contributed by atoms with Gasteiger partial charge in [-0.25, -0.2) is 9.78 Å². The minimum absolute atomic E-state index is 0.0445. The highest BCUT2D eigenvalue weighted by Crippen LogP contribution is 2.20. The van der Waals surface area contributed by atoms with Crippen LogP contribution in [-0.4, -0.2) is 70.5 Å². The summed E-state index contributed by atoms with van der Waals surface area (Å²) in [5.41, 5.74) is 6.42. The van der Waals surface area contributed by atoms with E-state index in [1.165, 1.54) is 11.3 Å². The lowest BCUT2D eigenvalue weighted by Crippen LogP contribution is -2.59. The van der Waals surface area contributed by atoms with Crippen molar-refractivity contribution in [2.75, 3.05) is 6.61 Å². The molecule has 2 bridgehead atoms. The monoisotopic (exact) mass is 759 g/mol. The number of thiazole rings is 1. The van der Waals surface area contributed by atoms with Crippen LogP contribution in [0.1, 0.15) is 28.8 Å². The quantitative estimate of drug-likeness (QED) is 0.141. The topological polar surface area (TPSA) is 176 Å². The van der Waals surface area contributed by atoms with Gasteiger partial charge < -0.3 is 31.1 Å². The molecule has 13 heteroatoms. The molecule has 0 saturated heterocycles. The molecule has 0 fully saturated rings. The van der Waals surface area contributed by atoms with Crippen molar-refractivity contribution < 1.29 is 33.8 Å². The van der Waals surface area contributed by atoms with Gasteiger partial charge in [-0.15, -0.1) is 11.3 Å². The van der Waals surface area contributed by atoms with Gasteiger partial charge in [0.2, 0.25) is 17.7 Å². The van der Waals surface area contributed by atoms with Crippen LogP contribution in [0.4, 0.5) is 0 Å². The van der Waals surface area contributed by atoms with E-state index in [9.17, 15) is 29.1 Å². The Hall–Kier alpha value is -6.34. The van der Waals surface area contributed by atoms with Crippen LogP contribution in [-0.2, 0) is 49.7 Å². The summed E-state index contributed by atoms with van der Waals surface area (Å²) in [6.45, 7) is -0.408. The van der Waals surface area contributed by atoms with Gasteiger partial charge in [-0.1, -0.05) is 97.1 Å². The number of carboxylic acids is 1. The number of ether oxygens (including phenoxy) is 1. The summed E-state index contributed by atoms with van der Waals surface area (Å²) in [4.78, 5) is 72.1. The largest absolute Gasteiger partial charge is 0.484 e. The molecular weight excluding hydrogens is 719 g/mol. The highest BCUT2D eigenvalue weighted by Gasteiger charge is 2.32. The van der Waals surface area contributed by atoms with Crippen LogP contribution in [0.3, 0.4) is 0 Å². The number of aryl methyl sites for hydroxylation is 1. The van der Waals surface area contributed by atoms with Gasteiger partial charge in [0, 0.05) is 24.6 Å². The van der Waals surface area contributed by atoms with E-state index >= 15 is 0 Å². The molecule has 0 radical (unpaired) electrons. The van der Waals surface area contributed by atoms with Gasteiger partial charge in [-0.2, -0.15) is 0 Å². The van der Waals surface area contributed by atoms with E-state index in [2.05, 4.69) is 26.3 Å². The zero-order valence-electron chi connectivity index (χ0n) is 29.9. The van der Waals surface area contributed by atoms with Gasteiger partial charge >= 0.3 is 5.97 Å². The molecule has 12 nitrogen and oxygen atoms in total. The average molecular weight is 760 g/mol. The third-order valence-electron chi connectivity index (χ3n) is 9.23. The normalized spacial score (nSPS) is 19.7. The molecule has 55 heavy (non-hydrogen) atoms. The second kappa shape index (κ2) is 18.6. The summed E-state index contributed by atoms with van der Waals surface area (Å²) in [5, 5.41) is 22.9. The first-order chi connectivity index (χ1) is 26.7. The van der Waals surface area contributed by atoms with E-state index < -0.39 is 60.4 Å². The fraction of sp³-hybridized carbons (Fsp3) is 0.238. The minimum Gasteiger partial charge on any atom is -0.484 e. The number of fused-ring (bicyclic) bond motifs is 16. The van der Waals surface area contributed by atoms with Gasteiger partial charge in [0.25, 0.3) is 5.91 Å². The van der Waals surface area contributed by atoms with Crippen molar-refractivity contribution in [3.63, 3.8) is 0 Å². The highest BCUT2D eigenvalue weighted by atomic mass is 32.1. The van der Waals surface area contributed by atoms with E-state index in [1.807, 2.05) is 84.9 Å². The Balaban J connectivity index is 1.33. The lowest BCUT2D eigenvalue weighted by Gasteiger charge is -2.26. The number of nitrogens with zero attached hydrogens (tertiary/aromatic N) is 1. The first-order valence-electron chi connectivity index (χ1n) is 17.9. The van der Waals surface area contributed by atoms with Crippen LogP contribution in [0.15, 0.2) is 120 Å². The summed E-state index contributed by atoms with van der Waals surface area (Å²) in [7, 11) is 0. The zero-order chi connectivity index (χ0) is 38.6. The fourth-order valence-corrected chi connectivity index (χ4v) is 6.82. The summed E-state index contributed by atoms with van der Waals surface area (Å²) >= 11 is 1.34. The Morgan fingerprint density at radius 2 is 1.31 bits per heavy atom. The molecular formula is C42H41N5O7S. The SMILES string of the molecule is O=C1COc2ccc(cc2)C[C@@H](C(=O)O)NC(=O)[C@H](CCc2ccccc2)NC(=O)[C@@H](Cc2ccc(-c3ccccc3)cc2)NC(=O)[C@H](Cc2cscn2)N1. The first-order valence-corrected chi connectivity index (χ1v) is 18.8. The lowest BCUT2D eigenvalue weighted by atomic mass is 9.99. The van der Waals surface area contributed by atoms with E-state index in [-0.39, 0.29) is 25.7 Å². The van der Waals surface area contributed by atoms with Crippen molar-refractivity contribution >= 4 is 40.9 Å². The van der Waals surface area contributed by atoms with E-state index in [1.54, 1.807) is 35.2 Å². The predicted octanol–water partition coefficient (Wildman–Crippen LogP) is 3.89. The van der Waals surface area contributed by atoms with Gasteiger partial charge in [0.05, 0.1) is 11.2 Å². The van der Waals surface area contributed by atoms with Crippen LogP contribution in [0.2, 0.25) is 0 Å². The molecule has 5 N–H and O–H groups in total. The second-order valence-electron chi connectivity index (χ2n) is 13.3. The van der Waals surface area contributed by atoms with Gasteiger partial charge in [0.15, 0.2) is 6.61 Å². The molecule has 5 aromatic rings. The Labute approximate surface area is 322 Å². The van der Waals surface area contributed by atoms with Crippen LogP contribution < -0.4 is 26.0 Å². The van der Waals surface area contributed by atoms with E-state index in [0.717, 1.165) is 22.3 Å². The number of carbonyl (C=O) groups is 5. The van der Waals surface area contributed by atoms with Gasteiger partial charge in [0.1, 0.15) is 29.9 Å². The third kappa shape index (κ3) is 11.1. The minimum atomic E-state index is -1.31. The summed E-state index contributed by atoms with van der Waals surface area (Å²) in [6.07, 6.45) is 0.602. The lowest BCUT2D eigenvalue weighted by molar-refractivity contribution is -0.142. The van der Waals surface area contributed by atoms with Gasteiger partial charge in [-0.05, 0) is 52.8 Å². The molecule has 0 saturated carbocycles. The number of aromatic nitrogens is 1. The molecule has 3 heterocycles. The molecule has 4 atom stereocenters. The number of rotatable bonds is 9. The molecule has 4 amide bonds. The Bertz CT molecular complexity index is 2060. The first kappa shape index (κ1) is 38.4. The maximum atomic E-state index is 14.3. The third-order valence-corrected chi connectivity index (χ3v) is 9.86. The second-order valence-corrected chi connectivity index (χ2v) is 14.0. The van der Waals surface area contributed by atoms with Crippen LogP contribution in [0.5, 0.6) is 5.75 Å². The fourth-order valence-electron chi connectivity index (χ4n) is 6.25. The molecule has 2 aliphatic heterocycles. The van der Waals surface area contributed by atoms with Crippen molar-refractivity contribution in [3.8, 4) is 16.9 Å². The van der Waals surface area contributed by atoms with Crippen LogP contribution in [0, 0.1) is 0 Å². The number of amides is 4. The van der Waals surface area contributed by atoms with Crippen LogP contribution >= 0.6 is 11.3 Å². The van der Waals surface area contributed by atoms with Gasteiger partial charge in [-0.3, -0.25) is 19.2 Å². The smallest absolute Gasteiger partial charge is 0.326 e. The summed E-state index contributed by atoms with van der Waals surface area (Å²) in [6, 6.07) is 28.5. The number of carboxylic acid groups (broad SMARTS) is 1. The molecule has 0 spiro atoms. The Morgan fingerprint density at radius 3 is 1.96 bits per heavy atom. The van der Waals surface area contributed by atoms with Crippen molar-refractivity contribution in [2.45, 2.75) is 56.3 Å². The van der Waals surface area contributed by atoms with Crippen molar-refractivity contribution in [3.05, 3.63) is 142 Å². The summed E-state index contributed by atoms with van der Waals surface area (Å²) < 4.78 is 5.68. The molecule has 7 rings (SSSR count). The standard InChI is InChI=1S/C42H41N5O7S/c48-38-24-54-33-18-13-29(14-19-33)22-37(42(52)53)47-39(49)34(20-15-27-7-3-1-4-8-27)45-40(50)35(46-41(51)36(44-38)23-32-25-55-26-43-32)21-28-11-16-31(17-12-28)30-9-5-2-6-10-30/h1-14,16-19,25-26,34-37H,15,20-24H2,(H,44,48)(H,45,50)(H,46,51)(H,47,49)(H,52,53)/t34-,35+,36-,37-/m0/s1. The molecule has 0 aliphatic carbocycles. The molecule has 1 aromatic heterocycles. The Morgan fingerprint density at radius 1 is 0.691 bits per heavy atom. The number of benzene rings is 4. The highest BCUT2D eigenvalue weighted by molar-refractivity contribution is 7.07. The number of carbonyl (C=O) groups excluding carboxylic acids is 4. The molecule has 282 valence electrons. The van der Waals surface area contributed by atoms with E-state index in [4.69, 9.17) is 4.74 Å². The molecule has 4 aromatic carbocycles. The molecule has 2 aliphatic rings. The number of aliphatic carboxylic acids is 1. The van der Waals surface area contributed by atoms with Crippen LogP contribution in [0.25, 0.3) is 11.1 Å². The zero-order valence-corrected chi connectivity index (χ0v) is 30.7. The Kier molecular flexibility index (Phi) is 13.0. The van der Waals surface area contributed by atoms with Crippen molar-refractivity contribution in [1.82, 2.24) is 26.3 Å². The maximum Gasteiger partial charge on any atom is 0.326 e. The summed E-state index contributed by atoms with van der Waals surface area (Å²) in [5.74, 6) is -3.45. The van der Waals surface area contributed by atoms with E-state index in [0.29, 0.717) is 23.4 Å². The number of nitrogens with one attached hydrogen (secondary N) is 4. The maximum absolute atomic E-state index is 14.3. The number of hydrogen-bond donors (Lipinski definition) is 5. The van der Waals surface area contributed by atoms with Crippen molar-refractivity contribution in [1.29, 1.82) is 0 Å². The molecule has 0 unspecified atom stereocenters. The average Bonchev–Trinajstić information content (AvgIpc) is 3.72. The van der Waals surface area contributed by atoms with Crippen molar-refractivity contribution in [2.24, 2.45) is 0 Å². The predicted molar refractivity (Wildman–Crippen MR) is 207 cm³/mol. The number of hydrogen-bond acceptors (Lipinski definition) is 8.